The number of ether oxygens (including phenoxy) is 1. The average Bonchev–Trinajstić information content (AvgIpc) is 2.17. The molecule has 17 heavy (non-hydrogen) atoms. The molecule has 1 N–H and O–H groups in total. The molecule has 0 radical (unpaired) electrons. The van der Waals surface area contributed by atoms with Crippen molar-refractivity contribution in [3.8, 4) is 0 Å². The number of carbonyl (C=O) groups excluding carboxylic acids is 1. The van der Waals surface area contributed by atoms with Gasteiger partial charge in [-0.1, -0.05) is 17.7 Å². The Hall–Kier alpha value is -1.52. The molecule has 2 unspecified atom stereocenters. The molecule has 0 aliphatic carbocycles. The van der Waals surface area contributed by atoms with Gasteiger partial charge in [0.1, 0.15) is 0 Å². The van der Waals surface area contributed by atoms with Crippen LogP contribution in [0.5, 0.6) is 0 Å². The van der Waals surface area contributed by atoms with E-state index in [1.54, 1.807) is 0 Å². The molecule has 0 amide bonds. The van der Waals surface area contributed by atoms with E-state index in [9.17, 15) is 19.0 Å². The molecule has 0 saturated heterocycles. The molecule has 7 heteroatoms. The summed E-state index contributed by atoms with van der Waals surface area (Å²) in [7, 11) is -2.70. The van der Waals surface area contributed by atoms with Crippen molar-refractivity contribution in [1.29, 1.82) is 0 Å². The first-order chi connectivity index (χ1) is 7.59. The van der Waals surface area contributed by atoms with E-state index >= 15 is 0 Å². The van der Waals surface area contributed by atoms with E-state index in [0.717, 1.165) is 0 Å². The molecule has 2 atom stereocenters. The molecule has 0 saturated carbocycles. The van der Waals surface area contributed by atoms with E-state index in [0.29, 0.717) is 0 Å². The summed E-state index contributed by atoms with van der Waals surface area (Å²) in [6.45, 7) is 10.6. The lowest BCUT2D eigenvalue weighted by atomic mass is 10.4. The van der Waals surface area contributed by atoms with Crippen LogP contribution in [0.3, 0.4) is 0 Å². The van der Waals surface area contributed by atoms with Crippen LogP contribution >= 0.6 is 8.03 Å². The van der Waals surface area contributed by atoms with Crippen LogP contribution < -0.4 is 4.89 Å². The van der Waals surface area contributed by atoms with Gasteiger partial charge in [-0.15, -0.1) is 0 Å². The Kier molecular flexibility index (Phi) is 9.05. The molecule has 0 spiro atoms. The van der Waals surface area contributed by atoms with E-state index in [4.69, 9.17) is 5.11 Å². The second-order valence-electron chi connectivity index (χ2n) is 3.16. The molecule has 0 aromatic carbocycles. The van der Waals surface area contributed by atoms with E-state index in [1.807, 2.05) is 0 Å². The number of rotatable bonds is 4. The van der Waals surface area contributed by atoms with Gasteiger partial charge in [0.05, 0.1) is 0 Å². The van der Waals surface area contributed by atoms with Crippen LogP contribution in [0.15, 0.2) is 24.3 Å². The highest BCUT2D eigenvalue weighted by atomic mass is 31.1. The highest BCUT2D eigenvalue weighted by Gasteiger charge is 2.19. The van der Waals surface area contributed by atoms with Gasteiger partial charge in [0.25, 0.3) is 5.85 Å². The Morgan fingerprint density at radius 2 is 1.65 bits per heavy atom. The second-order valence-corrected chi connectivity index (χ2v) is 4.45. The van der Waals surface area contributed by atoms with E-state index < -0.39 is 25.8 Å². The molecular formula is C10H15O6P. The summed E-state index contributed by atoms with van der Waals surface area (Å²) in [4.78, 5) is 30.5. The summed E-state index contributed by atoms with van der Waals surface area (Å²) in [6, 6.07) is 0. The number of esters is 1. The van der Waals surface area contributed by atoms with Gasteiger partial charge in [-0.25, -0.2) is 9.59 Å². The number of aliphatic carboxylic acids is 1. The third-order valence-corrected chi connectivity index (χ3v) is 1.99. The number of hydrogen-bond acceptors (Lipinski definition) is 5. The smallest absolute Gasteiger partial charge is 0.354 e. The number of carboxylic acids is 1. The van der Waals surface area contributed by atoms with Crippen molar-refractivity contribution in [1.82, 2.24) is 0 Å². The number of hydrogen-bond donors (Lipinski definition) is 1. The predicted molar refractivity (Wildman–Crippen MR) is 60.4 cm³/mol. The Labute approximate surface area is 100 Å². The van der Waals surface area contributed by atoms with Crippen LogP contribution in [0.4, 0.5) is 0 Å². The van der Waals surface area contributed by atoms with Crippen LogP contribution in [-0.4, -0.2) is 22.9 Å². The van der Waals surface area contributed by atoms with E-state index in [1.165, 1.54) is 20.8 Å². The van der Waals surface area contributed by atoms with Gasteiger partial charge in [0.15, 0.2) is 0 Å². The zero-order chi connectivity index (χ0) is 14.2. The Morgan fingerprint density at radius 3 is 1.82 bits per heavy atom. The first kappa shape index (κ1) is 17.9. The van der Waals surface area contributed by atoms with Crippen LogP contribution in [0, 0.1) is 0 Å². The van der Waals surface area contributed by atoms with Crippen LogP contribution in [0.1, 0.15) is 20.8 Å². The van der Waals surface area contributed by atoms with Gasteiger partial charge < -0.3 is 14.7 Å². The minimum atomic E-state index is -2.70. The highest BCUT2D eigenvalue weighted by molar-refractivity contribution is 7.37. The van der Waals surface area contributed by atoms with E-state index in [-0.39, 0.29) is 11.1 Å². The first-order valence-electron chi connectivity index (χ1n) is 4.48. The fourth-order valence-corrected chi connectivity index (χ4v) is 0.480. The van der Waals surface area contributed by atoms with Gasteiger partial charge in [0, 0.05) is 18.1 Å². The lowest BCUT2D eigenvalue weighted by Gasteiger charge is -2.04. The molecular weight excluding hydrogens is 247 g/mol. The average molecular weight is 262 g/mol. The molecule has 0 rings (SSSR count). The monoisotopic (exact) mass is 262 g/mol. The SMILES string of the molecule is C=C(C)C(=O)O.C=C(C)C(=O)OC(C)[P+](=O)[O-]. The molecule has 0 heterocycles. The molecule has 0 bridgehead atoms. The standard InChI is InChI=1S/C6H9O4P.C4H6O2/c1-4(2)6(7)10-5(3)11(8)9;1-3(2)4(5)6/h5H,1H2,2-3H3;1H2,2H3,(H,5,6). The Balaban J connectivity index is 0. The molecule has 0 aliphatic rings. The fourth-order valence-electron chi connectivity index (χ4n) is 0.299. The summed E-state index contributed by atoms with van der Waals surface area (Å²) in [5.74, 6) is -2.69. The van der Waals surface area contributed by atoms with Gasteiger partial charge in [-0.05, 0) is 13.8 Å². The van der Waals surface area contributed by atoms with Crippen LogP contribution in [0.2, 0.25) is 0 Å². The summed E-state index contributed by atoms with van der Waals surface area (Å²) in [5, 5.41) is 7.89. The molecule has 6 nitrogen and oxygen atoms in total. The topological polar surface area (TPSA) is 104 Å². The maximum Gasteiger partial charge on any atom is 0.354 e. The fraction of sp³-hybridized carbons (Fsp3) is 0.400. The van der Waals surface area contributed by atoms with Crippen molar-refractivity contribution < 1.29 is 28.9 Å². The highest BCUT2D eigenvalue weighted by Crippen LogP contribution is 2.18. The second kappa shape index (κ2) is 8.61. The van der Waals surface area contributed by atoms with Crippen molar-refractivity contribution in [2.75, 3.05) is 0 Å². The largest absolute Gasteiger partial charge is 0.593 e. The van der Waals surface area contributed by atoms with Gasteiger partial charge >= 0.3 is 20.0 Å². The molecule has 0 aromatic rings. The molecule has 0 aromatic heterocycles. The molecule has 96 valence electrons. The quantitative estimate of drug-likeness (QED) is 0.463. The summed E-state index contributed by atoms with van der Waals surface area (Å²) >= 11 is 0. The van der Waals surface area contributed by atoms with Crippen molar-refractivity contribution in [2.24, 2.45) is 0 Å². The maximum atomic E-state index is 10.7. The Bertz CT molecular complexity index is 335. The zero-order valence-corrected chi connectivity index (χ0v) is 10.8. The van der Waals surface area contributed by atoms with Crippen LogP contribution in [0.25, 0.3) is 0 Å². The predicted octanol–water partition coefficient (Wildman–Crippen LogP) is 1.20. The summed E-state index contributed by atoms with van der Waals surface area (Å²) in [6.07, 6.45) is 0. The third-order valence-electron chi connectivity index (χ3n) is 1.29. The minimum Gasteiger partial charge on any atom is -0.593 e. The van der Waals surface area contributed by atoms with E-state index in [2.05, 4.69) is 17.9 Å². The first-order valence-corrected chi connectivity index (χ1v) is 5.73. The van der Waals surface area contributed by atoms with Crippen molar-refractivity contribution >= 4 is 20.0 Å². The normalized spacial score (nSPS) is 11.4. The minimum absolute atomic E-state index is 0.176. The van der Waals surface area contributed by atoms with Crippen molar-refractivity contribution in [3.63, 3.8) is 0 Å². The van der Waals surface area contributed by atoms with Gasteiger partial charge in [0.2, 0.25) is 0 Å². The summed E-state index contributed by atoms with van der Waals surface area (Å²) in [5.41, 5.74) is 0.365. The zero-order valence-electron chi connectivity index (χ0n) is 9.93. The maximum absolute atomic E-state index is 10.7. The van der Waals surface area contributed by atoms with Crippen LogP contribution in [-0.2, 0) is 18.9 Å². The Morgan fingerprint density at radius 1 is 1.29 bits per heavy atom. The lowest BCUT2D eigenvalue weighted by molar-refractivity contribution is -0.176. The summed E-state index contributed by atoms with van der Waals surface area (Å²) < 4.78 is 14.6. The van der Waals surface area contributed by atoms with Gasteiger partial charge in [-0.3, -0.25) is 0 Å². The van der Waals surface area contributed by atoms with Crippen molar-refractivity contribution in [3.05, 3.63) is 24.3 Å². The molecule has 0 fully saturated rings. The number of carboxylic acid groups (broad SMARTS) is 1. The molecule has 0 aliphatic heterocycles. The van der Waals surface area contributed by atoms with Gasteiger partial charge in [-0.2, -0.15) is 0 Å². The van der Waals surface area contributed by atoms with Crippen molar-refractivity contribution in [2.45, 2.75) is 26.6 Å². The third kappa shape index (κ3) is 10.8. The number of carbonyl (C=O) groups is 2. The lowest BCUT2D eigenvalue weighted by Crippen LogP contribution is -2.14.